The Morgan fingerprint density at radius 2 is 2.12 bits per heavy atom. The van der Waals surface area contributed by atoms with Crippen molar-refractivity contribution in [1.29, 1.82) is 0 Å². The van der Waals surface area contributed by atoms with Crippen molar-refractivity contribution in [2.75, 3.05) is 20.6 Å². The predicted octanol–water partition coefficient (Wildman–Crippen LogP) is 3.84. The van der Waals surface area contributed by atoms with Crippen LogP contribution >= 0.6 is 11.3 Å². The van der Waals surface area contributed by atoms with Crippen LogP contribution in [0.2, 0.25) is 0 Å². The van der Waals surface area contributed by atoms with E-state index in [1.54, 1.807) is 17.6 Å². The average molecular weight is 372 g/mol. The van der Waals surface area contributed by atoms with Crippen LogP contribution < -0.4 is 5.32 Å². The summed E-state index contributed by atoms with van der Waals surface area (Å²) < 4.78 is 7.55. The Hall–Kier alpha value is -2.31. The summed E-state index contributed by atoms with van der Waals surface area (Å²) in [6, 6.07) is 10.1. The molecule has 0 aliphatic rings. The molecule has 0 bridgehead atoms. The molecule has 3 aromatic heterocycles. The number of carbonyl (C=O) groups excluding carboxylic acids is 1. The van der Waals surface area contributed by atoms with Crippen molar-refractivity contribution in [3.63, 3.8) is 0 Å². The van der Waals surface area contributed by atoms with E-state index in [0.29, 0.717) is 13.1 Å². The molecule has 3 rings (SSSR count). The molecular weight excluding hydrogens is 346 g/mol. The number of amides is 1. The number of thiophene rings is 1. The second-order valence-corrected chi connectivity index (χ2v) is 7.63. The van der Waals surface area contributed by atoms with E-state index >= 15 is 0 Å². The number of aryl methyl sites for hydroxylation is 1. The van der Waals surface area contributed by atoms with Crippen molar-refractivity contribution in [3.05, 3.63) is 69.6 Å². The lowest BCUT2D eigenvalue weighted by Crippen LogP contribution is -2.34. The lowest BCUT2D eigenvalue weighted by molar-refractivity contribution is 0.0941. The summed E-state index contributed by atoms with van der Waals surface area (Å²) >= 11 is 1.71. The second kappa shape index (κ2) is 7.93. The van der Waals surface area contributed by atoms with E-state index in [9.17, 15) is 4.79 Å². The van der Waals surface area contributed by atoms with E-state index in [-0.39, 0.29) is 11.9 Å². The van der Waals surface area contributed by atoms with Crippen LogP contribution in [-0.4, -0.2) is 36.0 Å². The number of nitrogens with one attached hydrogen (secondary N) is 1. The zero-order valence-electron chi connectivity index (χ0n) is 15.7. The molecule has 3 heterocycles. The van der Waals surface area contributed by atoms with Gasteiger partial charge < -0.3 is 19.2 Å². The van der Waals surface area contributed by atoms with Gasteiger partial charge in [0.1, 0.15) is 5.76 Å². The van der Waals surface area contributed by atoms with E-state index in [1.165, 1.54) is 4.88 Å². The van der Waals surface area contributed by atoms with E-state index in [4.69, 9.17) is 4.42 Å². The minimum absolute atomic E-state index is 0.0350. The first-order chi connectivity index (χ1) is 12.5. The van der Waals surface area contributed by atoms with Crippen LogP contribution in [0.15, 0.2) is 46.4 Å². The number of hydrogen-bond acceptors (Lipinski definition) is 4. The number of nitrogens with zero attached hydrogens (tertiary/aromatic N) is 2. The first-order valence-corrected chi connectivity index (χ1v) is 9.52. The molecule has 1 N–H and O–H groups in total. The van der Waals surface area contributed by atoms with Gasteiger partial charge in [-0.25, -0.2) is 0 Å². The maximum absolute atomic E-state index is 12.8. The summed E-state index contributed by atoms with van der Waals surface area (Å²) in [6.07, 6.45) is 1.67. The zero-order chi connectivity index (χ0) is 18.7. The molecule has 1 unspecified atom stereocenters. The number of aromatic nitrogens is 1. The summed E-state index contributed by atoms with van der Waals surface area (Å²) in [5, 5.41) is 5.16. The highest BCUT2D eigenvalue weighted by Crippen LogP contribution is 2.23. The van der Waals surface area contributed by atoms with Crippen molar-refractivity contribution in [1.82, 2.24) is 14.8 Å². The Labute approximate surface area is 158 Å². The van der Waals surface area contributed by atoms with Crippen LogP contribution in [0.1, 0.15) is 38.4 Å². The summed E-state index contributed by atoms with van der Waals surface area (Å²) in [6.45, 7) is 5.20. The Morgan fingerprint density at radius 3 is 2.73 bits per heavy atom. The molecule has 5 nitrogen and oxygen atoms in total. The molecular formula is C20H25N3O2S. The first kappa shape index (κ1) is 18.5. The number of rotatable bonds is 7. The van der Waals surface area contributed by atoms with Crippen molar-refractivity contribution in [2.45, 2.75) is 26.4 Å². The van der Waals surface area contributed by atoms with Crippen molar-refractivity contribution in [2.24, 2.45) is 0 Å². The first-order valence-electron chi connectivity index (χ1n) is 8.64. The van der Waals surface area contributed by atoms with Crippen molar-refractivity contribution >= 4 is 17.2 Å². The van der Waals surface area contributed by atoms with Gasteiger partial charge in [-0.05, 0) is 57.6 Å². The van der Waals surface area contributed by atoms with Gasteiger partial charge in [-0.3, -0.25) is 4.79 Å². The molecule has 6 heteroatoms. The second-order valence-electron chi connectivity index (χ2n) is 6.66. The van der Waals surface area contributed by atoms with Crippen LogP contribution in [0.5, 0.6) is 0 Å². The molecule has 0 spiro atoms. The van der Waals surface area contributed by atoms with Gasteiger partial charge in [0.2, 0.25) is 0 Å². The molecule has 1 amide bonds. The van der Waals surface area contributed by atoms with Crippen LogP contribution in [0.25, 0.3) is 0 Å². The maximum atomic E-state index is 12.8. The fraction of sp³-hybridized carbons (Fsp3) is 0.350. The largest absolute Gasteiger partial charge is 0.467 e. The van der Waals surface area contributed by atoms with Gasteiger partial charge in [0.05, 0.1) is 24.4 Å². The smallest absolute Gasteiger partial charge is 0.253 e. The molecule has 1 atom stereocenters. The van der Waals surface area contributed by atoms with Crippen molar-refractivity contribution in [3.8, 4) is 0 Å². The van der Waals surface area contributed by atoms with Gasteiger partial charge in [-0.15, -0.1) is 11.3 Å². The number of carbonyl (C=O) groups is 1. The quantitative estimate of drug-likeness (QED) is 0.686. The van der Waals surface area contributed by atoms with Gasteiger partial charge in [0, 0.05) is 22.8 Å². The summed E-state index contributed by atoms with van der Waals surface area (Å²) in [4.78, 5) is 16.1. The fourth-order valence-electron chi connectivity index (χ4n) is 3.14. The summed E-state index contributed by atoms with van der Waals surface area (Å²) in [7, 11) is 4.07. The minimum atomic E-state index is -0.0350. The van der Waals surface area contributed by atoms with E-state index in [1.807, 2.05) is 52.2 Å². The molecule has 0 saturated carbocycles. The number of likely N-dealkylation sites (N-methyl/N-ethyl adjacent to an activating group) is 1. The van der Waals surface area contributed by atoms with Crippen molar-refractivity contribution < 1.29 is 9.21 Å². The number of hydrogen-bond donors (Lipinski definition) is 1. The Balaban J connectivity index is 1.72. The number of furan rings is 1. The summed E-state index contributed by atoms with van der Waals surface area (Å²) in [5.41, 5.74) is 2.72. The molecule has 0 radical (unpaired) electrons. The molecule has 0 aliphatic heterocycles. The lowest BCUT2D eigenvalue weighted by atomic mass is 10.2. The third-order valence-corrected chi connectivity index (χ3v) is 5.64. The van der Waals surface area contributed by atoms with Gasteiger partial charge in [0.25, 0.3) is 5.91 Å². The van der Waals surface area contributed by atoms with E-state index in [2.05, 4.69) is 26.2 Å². The zero-order valence-corrected chi connectivity index (χ0v) is 16.5. The Bertz CT molecular complexity index is 848. The molecule has 0 saturated heterocycles. The van der Waals surface area contributed by atoms with Crippen LogP contribution in [0.3, 0.4) is 0 Å². The topological polar surface area (TPSA) is 50.4 Å². The molecule has 0 aromatic carbocycles. The van der Waals surface area contributed by atoms with Crippen LogP contribution in [0.4, 0.5) is 0 Å². The standard InChI is InChI=1S/C20H25N3O2S/c1-14-11-17(15(2)23(14)13-16-7-5-9-25-16)20(24)21-12-18(22(3)4)19-8-6-10-26-19/h5-11,18H,12-13H2,1-4H3,(H,21,24). The summed E-state index contributed by atoms with van der Waals surface area (Å²) in [5.74, 6) is 0.844. The normalized spacial score (nSPS) is 12.5. The van der Waals surface area contributed by atoms with Crippen LogP contribution in [0, 0.1) is 13.8 Å². The van der Waals surface area contributed by atoms with Gasteiger partial charge in [-0.1, -0.05) is 6.07 Å². The third-order valence-electron chi connectivity index (χ3n) is 4.66. The van der Waals surface area contributed by atoms with E-state index < -0.39 is 0 Å². The predicted molar refractivity (Wildman–Crippen MR) is 105 cm³/mol. The average Bonchev–Trinajstić information content (AvgIpc) is 3.34. The third kappa shape index (κ3) is 3.92. The molecule has 138 valence electrons. The van der Waals surface area contributed by atoms with E-state index in [0.717, 1.165) is 22.7 Å². The Kier molecular flexibility index (Phi) is 5.64. The minimum Gasteiger partial charge on any atom is -0.467 e. The lowest BCUT2D eigenvalue weighted by Gasteiger charge is -2.23. The van der Waals surface area contributed by atoms with Crippen LogP contribution in [-0.2, 0) is 6.54 Å². The molecule has 26 heavy (non-hydrogen) atoms. The fourth-order valence-corrected chi connectivity index (χ4v) is 4.06. The highest BCUT2D eigenvalue weighted by atomic mass is 32.1. The SMILES string of the molecule is Cc1cc(C(=O)NCC(c2cccs2)N(C)C)c(C)n1Cc1ccco1. The maximum Gasteiger partial charge on any atom is 0.253 e. The molecule has 0 fully saturated rings. The van der Waals surface area contributed by atoms with Gasteiger partial charge in [-0.2, -0.15) is 0 Å². The highest BCUT2D eigenvalue weighted by molar-refractivity contribution is 7.10. The van der Waals surface area contributed by atoms with Gasteiger partial charge in [0.15, 0.2) is 0 Å². The molecule has 3 aromatic rings. The Morgan fingerprint density at radius 1 is 1.31 bits per heavy atom. The monoisotopic (exact) mass is 371 g/mol. The molecule has 0 aliphatic carbocycles. The highest BCUT2D eigenvalue weighted by Gasteiger charge is 2.20. The van der Waals surface area contributed by atoms with Gasteiger partial charge >= 0.3 is 0 Å².